The van der Waals surface area contributed by atoms with Gasteiger partial charge in [-0.15, -0.1) is 0 Å². The maximum absolute atomic E-state index is 14.7. The third-order valence-electron chi connectivity index (χ3n) is 7.86. The van der Waals surface area contributed by atoms with E-state index >= 15 is 0 Å². The Hall–Kier alpha value is -4.11. The van der Waals surface area contributed by atoms with Crippen molar-refractivity contribution in [1.82, 2.24) is 9.88 Å². The number of aromatic nitrogens is 1. The second kappa shape index (κ2) is 12.4. The van der Waals surface area contributed by atoms with Crippen molar-refractivity contribution >= 4 is 40.6 Å². The lowest BCUT2D eigenvalue weighted by Crippen LogP contribution is -2.38. The van der Waals surface area contributed by atoms with Gasteiger partial charge < -0.3 is 15.0 Å². The van der Waals surface area contributed by atoms with E-state index in [4.69, 9.17) is 16.3 Å². The molecule has 1 aromatic heterocycles. The van der Waals surface area contributed by atoms with Gasteiger partial charge in [0.25, 0.3) is 0 Å². The first-order valence-electron chi connectivity index (χ1n) is 13.8. The Kier molecular flexibility index (Phi) is 8.68. The van der Waals surface area contributed by atoms with Crippen molar-refractivity contribution in [2.45, 2.75) is 45.1 Å². The summed E-state index contributed by atoms with van der Waals surface area (Å²) in [5, 5.41) is 2.82. The van der Waals surface area contributed by atoms with Crippen LogP contribution in [0.1, 0.15) is 55.5 Å². The summed E-state index contributed by atoms with van der Waals surface area (Å²) in [6.45, 7) is 2.08. The molecule has 0 aliphatic carbocycles. The molecule has 3 aromatic rings. The number of carbonyl (C=O) groups excluding carboxylic acids is 3. The highest BCUT2D eigenvalue weighted by Gasteiger charge is 2.31. The highest BCUT2D eigenvalue weighted by atomic mass is 35.5. The van der Waals surface area contributed by atoms with E-state index in [0.29, 0.717) is 36.2 Å². The molecule has 5 rings (SSSR count). The first-order valence-corrected chi connectivity index (χ1v) is 14.2. The van der Waals surface area contributed by atoms with Gasteiger partial charge in [0.15, 0.2) is 5.82 Å². The Bertz CT molecular complexity index is 1590. The van der Waals surface area contributed by atoms with Gasteiger partial charge in [0, 0.05) is 36.0 Å². The molecule has 42 heavy (non-hydrogen) atoms. The summed E-state index contributed by atoms with van der Waals surface area (Å²) in [6.07, 6.45) is 4.99. The van der Waals surface area contributed by atoms with E-state index in [0.717, 1.165) is 23.3 Å². The summed E-state index contributed by atoms with van der Waals surface area (Å²) in [5.74, 6) is -2.88. The molecule has 2 aliphatic heterocycles. The van der Waals surface area contributed by atoms with E-state index in [9.17, 15) is 23.2 Å². The van der Waals surface area contributed by atoms with Crippen molar-refractivity contribution < 1.29 is 27.9 Å². The van der Waals surface area contributed by atoms with Gasteiger partial charge in [0.05, 0.1) is 35.9 Å². The Balaban J connectivity index is 1.52. The monoisotopic (exact) mass is 593 g/mol. The maximum Gasteiger partial charge on any atom is 0.309 e. The third kappa shape index (κ3) is 6.06. The number of nitrogens with zero attached hydrogens (tertiary/aromatic N) is 2. The summed E-state index contributed by atoms with van der Waals surface area (Å²) in [7, 11) is 1.33. The smallest absolute Gasteiger partial charge is 0.309 e. The minimum atomic E-state index is -0.884. The van der Waals surface area contributed by atoms with Gasteiger partial charge in [-0.1, -0.05) is 37.1 Å². The van der Waals surface area contributed by atoms with Gasteiger partial charge >= 0.3 is 5.97 Å². The van der Waals surface area contributed by atoms with E-state index in [1.807, 2.05) is 31.2 Å². The predicted molar refractivity (Wildman–Crippen MR) is 155 cm³/mol. The number of amides is 2. The van der Waals surface area contributed by atoms with Crippen molar-refractivity contribution in [2.24, 2.45) is 5.92 Å². The first-order chi connectivity index (χ1) is 20.2. The zero-order valence-corrected chi connectivity index (χ0v) is 24.0. The Morgan fingerprint density at radius 3 is 2.71 bits per heavy atom. The zero-order valence-electron chi connectivity index (χ0n) is 23.3. The number of rotatable bonds is 4. The topological polar surface area (TPSA) is 88.6 Å². The molecule has 0 fully saturated rings. The molecule has 0 spiro atoms. The number of anilines is 1. The van der Waals surface area contributed by atoms with E-state index in [1.54, 1.807) is 17.2 Å². The molecule has 0 saturated carbocycles. The molecule has 2 atom stereocenters. The molecule has 3 heterocycles. The van der Waals surface area contributed by atoms with Crippen LogP contribution in [-0.4, -0.2) is 41.3 Å². The minimum Gasteiger partial charge on any atom is -0.469 e. The highest BCUT2D eigenvalue weighted by Crippen LogP contribution is 2.37. The van der Waals surface area contributed by atoms with Crippen LogP contribution in [0.5, 0.6) is 0 Å². The molecule has 2 bridgehead atoms. The zero-order chi connectivity index (χ0) is 30.0. The number of halogens is 3. The molecule has 1 N–H and O–H groups in total. The van der Waals surface area contributed by atoms with Crippen LogP contribution in [0.25, 0.3) is 16.7 Å². The van der Waals surface area contributed by atoms with Gasteiger partial charge in [-0.05, 0) is 66.3 Å². The van der Waals surface area contributed by atoms with Crippen LogP contribution < -0.4 is 5.32 Å². The first kappa shape index (κ1) is 29.4. The van der Waals surface area contributed by atoms with Crippen molar-refractivity contribution in [3.63, 3.8) is 0 Å². The minimum absolute atomic E-state index is 0.0639. The Morgan fingerprint density at radius 2 is 1.95 bits per heavy atom. The van der Waals surface area contributed by atoms with Gasteiger partial charge in [-0.25, -0.2) is 8.78 Å². The normalized spacial score (nSPS) is 19.2. The molecule has 2 aliphatic rings. The van der Waals surface area contributed by atoms with E-state index in [-0.39, 0.29) is 59.2 Å². The van der Waals surface area contributed by atoms with Gasteiger partial charge in [0.1, 0.15) is 5.82 Å². The number of nitrogens with one attached hydrogen (secondary N) is 1. The largest absolute Gasteiger partial charge is 0.469 e. The van der Waals surface area contributed by atoms with Crippen LogP contribution in [0.3, 0.4) is 0 Å². The Morgan fingerprint density at radius 1 is 1.14 bits per heavy atom. The average molecular weight is 594 g/mol. The second-order valence-corrected chi connectivity index (χ2v) is 11.0. The van der Waals surface area contributed by atoms with Crippen LogP contribution in [0.4, 0.5) is 14.5 Å². The summed E-state index contributed by atoms with van der Waals surface area (Å²) in [5.41, 5.74) is 3.43. The lowest BCUT2D eigenvalue weighted by molar-refractivity contribution is -0.139. The molecule has 2 aromatic carbocycles. The number of ether oxygens (including phenoxy) is 1. The number of pyridine rings is 1. The van der Waals surface area contributed by atoms with Crippen molar-refractivity contribution in [3.05, 3.63) is 88.2 Å². The van der Waals surface area contributed by atoms with Gasteiger partial charge in [-0.3, -0.25) is 19.4 Å². The standard InChI is InChI=1S/C32H30ClF2N3O4/c1-18-4-3-5-27(38-13-11-21(17-28(38)39)30-24(34)9-8-23(33)31(30)35)26-16-20(10-12-36-26)22-7-6-19(15-29(40)42-2)14-25(22)37-32(18)41/h6-10,12,14,16-18,27H,3-5,11,13,15H2,1-2H3,(H,37,41)/t18-,27+/m1/s1. The van der Waals surface area contributed by atoms with E-state index in [2.05, 4.69) is 10.3 Å². The van der Waals surface area contributed by atoms with Crippen molar-refractivity contribution in [1.29, 1.82) is 0 Å². The van der Waals surface area contributed by atoms with Gasteiger partial charge in [-0.2, -0.15) is 0 Å². The summed E-state index contributed by atoms with van der Waals surface area (Å²) in [4.78, 5) is 44.8. The highest BCUT2D eigenvalue weighted by molar-refractivity contribution is 6.31. The fourth-order valence-corrected chi connectivity index (χ4v) is 5.70. The number of esters is 1. The molecule has 10 heteroatoms. The molecule has 2 amide bonds. The Labute approximate surface area is 247 Å². The van der Waals surface area contributed by atoms with E-state index < -0.39 is 17.7 Å². The SMILES string of the molecule is COC(=O)Cc1ccc2c(c1)NC(=O)[C@H](C)CCC[C@H](N1CCC(c3c(F)ccc(Cl)c3F)=CC1=O)c1cc-2ccn1. The number of benzene rings is 2. The van der Waals surface area contributed by atoms with Crippen LogP contribution in [0.2, 0.25) is 5.02 Å². The van der Waals surface area contributed by atoms with Crippen molar-refractivity contribution in [2.75, 3.05) is 19.0 Å². The molecule has 218 valence electrons. The number of hydrogen-bond donors (Lipinski definition) is 1. The average Bonchev–Trinajstić information content (AvgIpc) is 2.97. The fraction of sp³-hybridized carbons (Fsp3) is 0.312. The van der Waals surface area contributed by atoms with Gasteiger partial charge in [0.2, 0.25) is 11.8 Å². The fourth-order valence-electron chi connectivity index (χ4n) is 5.54. The molecule has 0 radical (unpaired) electrons. The lowest BCUT2D eigenvalue weighted by Gasteiger charge is -2.34. The number of methoxy groups -OCH3 is 1. The molecular weight excluding hydrogens is 564 g/mol. The van der Waals surface area contributed by atoms with Crippen LogP contribution >= 0.6 is 11.6 Å². The predicted octanol–water partition coefficient (Wildman–Crippen LogP) is 6.51. The molecule has 0 unspecified atom stereocenters. The van der Waals surface area contributed by atoms with Crippen LogP contribution in [0.15, 0.2) is 54.7 Å². The van der Waals surface area contributed by atoms with Crippen LogP contribution in [-0.2, 0) is 25.5 Å². The third-order valence-corrected chi connectivity index (χ3v) is 8.15. The van der Waals surface area contributed by atoms with Crippen molar-refractivity contribution in [3.8, 4) is 11.1 Å². The molecular formula is C32H30ClF2N3O4. The summed E-state index contributed by atoms with van der Waals surface area (Å²) >= 11 is 5.89. The maximum atomic E-state index is 14.7. The second-order valence-electron chi connectivity index (χ2n) is 10.6. The summed E-state index contributed by atoms with van der Waals surface area (Å²) in [6, 6.07) is 11.0. The van der Waals surface area contributed by atoms with E-state index in [1.165, 1.54) is 13.2 Å². The quantitative estimate of drug-likeness (QED) is 0.275. The number of hydrogen-bond acceptors (Lipinski definition) is 5. The molecule has 7 nitrogen and oxygen atoms in total. The number of carbonyl (C=O) groups is 3. The van der Waals surface area contributed by atoms with Crippen LogP contribution in [0, 0.1) is 17.6 Å². The molecule has 0 saturated heterocycles. The number of fused-ring (bicyclic) bond motifs is 4. The summed E-state index contributed by atoms with van der Waals surface area (Å²) < 4.78 is 34.1. The lowest BCUT2D eigenvalue weighted by atomic mass is 9.92.